The number of carbonyl (C=O) groups excluding carboxylic acids is 2. The van der Waals surface area contributed by atoms with Gasteiger partial charge in [0.25, 0.3) is 0 Å². The van der Waals surface area contributed by atoms with Gasteiger partial charge < -0.3 is 16.0 Å². The van der Waals surface area contributed by atoms with Gasteiger partial charge in [-0.1, -0.05) is 45.2 Å². The quantitative estimate of drug-likeness (QED) is 0.782. The molecule has 2 amide bonds. The Morgan fingerprint density at radius 2 is 1.77 bits per heavy atom. The van der Waals surface area contributed by atoms with E-state index in [9.17, 15) is 9.59 Å². The highest BCUT2D eigenvalue weighted by Crippen LogP contribution is 2.28. The zero-order chi connectivity index (χ0) is 19.2. The van der Waals surface area contributed by atoms with E-state index < -0.39 is 0 Å². The van der Waals surface area contributed by atoms with Crippen molar-refractivity contribution in [3.8, 4) is 0 Å². The number of hydrogen-bond acceptors (Lipinski definition) is 3. The van der Waals surface area contributed by atoms with Crippen LogP contribution < -0.4 is 11.1 Å². The Bertz CT molecular complexity index is 604. The van der Waals surface area contributed by atoms with E-state index in [2.05, 4.69) is 19.2 Å². The minimum Gasteiger partial charge on any atom is -0.338 e. The van der Waals surface area contributed by atoms with E-state index in [0.29, 0.717) is 19.6 Å². The first-order chi connectivity index (χ1) is 12.3. The van der Waals surface area contributed by atoms with Gasteiger partial charge >= 0.3 is 0 Å². The summed E-state index contributed by atoms with van der Waals surface area (Å²) in [5.41, 5.74) is 7.64. The molecule has 5 heteroatoms. The normalized spacial score (nSPS) is 15.5. The first-order valence-electron chi connectivity index (χ1n) is 9.66. The summed E-state index contributed by atoms with van der Waals surface area (Å²) in [6.45, 7) is 7.49. The van der Waals surface area contributed by atoms with Crippen molar-refractivity contribution in [2.45, 2.75) is 59.4 Å². The van der Waals surface area contributed by atoms with Gasteiger partial charge in [0.05, 0.1) is 0 Å². The van der Waals surface area contributed by atoms with E-state index >= 15 is 0 Å². The van der Waals surface area contributed by atoms with E-state index in [1.807, 2.05) is 29.2 Å². The molecular formula is C21H33N3O2. The molecule has 1 saturated carbocycles. The molecule has 26 heavy (non-hydrogen) atoms. The van der Waals surface area contributed by atoms with E-state index in [-0.39, 0.29) is 23.1 Å². The van der Waals surface area contributed by atoms with Gasteiger partial charge in [-0.2, -0.15) is 0 Å². The molecule has 3 N–H and O–H groups in total. The summed E-state index contributed by atoms with van der Waals surface area (Å²) in [6.07, 6.45) is 5.54. The fourth-order valence-electron chi connectivity index (χ4n) is 3.52. The molecule has 5 nitrogen and oxygen atoms in total. The third-order valence-corrected chi connectivity index (χ3v) is 5.09. The number of nitrogens with one attached hydrogen (secondary N) is 1. The first-order valence-corrected chi connectivity index (χ1v) is 9.66. The van der Waals surface area contributed by atoms with Crippen LogP contribution in [0.1, 0.15) is 58.4 Å². The molecule has 0 bridgehead atoms. The fraction of sp³-hybridized carbons (Fsp3) is 0.619. The number of carbonyl (C=O) groups is 2. The van der Waals surface area contributed by atoms with Crippen LogP contribution in [0.15, 0.2) is 24.3 Å². The Labute approximate surface area is 157 Å². The lowest BCUT2D eigenvalue weighted by atomic mass is 9.87. The number of amides is 2. The van der Waals surface area contributed by atoms with E-state index in [1.165, 1.54) is 13.3 Å². The Kier molecular flexibility index (Phi) is 7.21. The monoisotopic (exact) mass is 359 g/mol. The van der Waals surface area contributed by atoms with Crippen LogP contribution in [0.5, 0.6) is 0 Å². The van der Waals surface area contributed by atoms with Crippen molar-refractivity contribution in [1.82, 2.24) is 4.90 Å². The zero-order valence-corrected chi connectivity index (χ0v) is 16.4. The molecule has 1 fully saturated rings. The molecule has 0 saturated heterocycles. The van der Waals surface area contributed by atoms with Gasteiger partial charge in [-0.05, 0) is 42.5 Å². The molecule has 144 valence electrons. The van der Waals surface area contributed by atoms with Crippen LogP contribution in [0, 0.1) is 11.3 Å². The molecule has 1 aromatic carbocycles. The molecule has 0 atom stereocenters. The number of nitrogens with two attached hydrogens (primary N) is 1. The molecule has 2 rings (SSSR count). The maximum Gasteiger partial charge on any atom is 0.225 e. The average molecular weight is 360 g/mol. The molecule has 0 heterocycles. The zero-order valence-electron chi connectivity index (χ0n) is 16.4. The number of anilines is 1. The highest BCUT2D eigenvalue weighted by molar-refractivity contribution is 5.88. The third-order valence-electron chi connectivity index (χ3n) is 5.09. The van der Waals surface area contributed by atoms with Crippen molar-refractivity contribution in [2.75, 3.05) is 18.4 Å². The van der Waals surface area contributed by atoms with Crippen LogP contribution in [0.4, 0.5) is 5.69 Å². The minimum absolute atomic E-state index is 0.0865. The third kappa shape index (κ3) is 6.13. The lowest BCUT2D eigenvalue weighted by molar-refractivity contribution is -0.138. The first kappa shape index (κ1) is 20.4. The number of hydrogen-bond donors (Lipinski definition) is 2. The van der Waals surface area contributed by atoms with Crippen molar-refractivity contribution in [1.29, 1.82) is 0 Å². The lowest BCUT2D eigenvalue weighted by Crippen LogP contribution is -2.44. The molecule has 0 unspecified atom stereocenters. The summed E-state index contributed by atoms with van der Waals surface area (Å²) in [5, 5.41) is 2.77. The highest BCUT2D eigenvalue weighted by atomic mass is 16.2. The lowest BCUT2D eigenvalue weighted by Gasteiger charge is -2.35. The Hall–Kier alpha value is -1.88. The van der Waals surface area contributed by atoms with Gasteiger partial charge in [0, 0.05) is 31.6 Å². The summed E-state index contributed by atoms with van der Waals surface area (Å²) < 4.78 is 0. The van der Waals surface area contributed by atoms with Crippen molar-refractivity contribution in [2.24, 2.45) is 17.1 Å². The molecule has 1 aliphatic rings. The second-order valence-electron chi connectivity index (χ2n) is 8.28. The van der Waals surface area contributed by atoms with E-state index in [0.717, 1.165) is 36.9 Å². The van der Waals surface area contributed by atoms with E-state index in [1.54, 1.807) is 0 Å². The summed E-state index contributed by atoms with van der Waals surface area (Å²) in [7, 11) is 0. The maximum absolute atomic E-state index is 13.1. The molecular weight excluding hydrogens is 326 g/mol. The van der Waals surface area contributed by atoms with Crippen molar-refractivity contribution in [3.63, 3.8) is 0 Å². The van der Waals surface area contributed by atoms with Crippen molar-refractivity contribution >= 4 is 17.5 Å². The van der Waals surface area contributed by atoms with Gasteiger partial charge in [0.2, 0.25) is 11.8 Å². The van der Waals surface area contributed by atoms with Crippen molar-refractivity contribution < 1.29 is 9.59 Å². The molecule has 0 spiro atoms. The predicted octanol–water partition coefficient (Wildman–Crippen LogP) is 3.54. The number of nitrogens with zero attached hydrogens (tertiary/aromatic N) is 1. The highest BCUT2D eigenvalue weighted by Gasteiger charge is 2.29. The smallest absolute Gasteiger partial charge is 0.225 e. The summed E-state index contributed by atoms with van der Waals surface area (Å²) in [6, 6.07) is 7.71. The Balaban J connectivity index is 2.12. The molecule has 1 aliphatic carbocycles. The predicted molar refractivity (Wildman–Crippen MR) is 106 cm³/mol. The van der Waals surface area contributed by atoms with Gasteiger partial charge in [0.15, 0.2) is 0 Å². The van der Waals surface area contributed by atoms with Crippen LogP contribution in [0.3, 0.4) is 0 Å². The van der Waals surface area contributed by atoms with Gasteiger partial charge in [0.1, 0.15) is 0 Å². The van der Waals surface area contributed by atoms with Crippen LogP contribution in [0.2, 0.25) is 0 Å². The van der Waals surface area contributed by atoms with Gasteiger partial charge in [-0.25, -0.2) is 0 Å². The molecule has 0 radical (unpaired) electrons. The van der Waals surface area contributed by atoms with Gasteiger partial charge in [-0.3, -0.25) is 9.59 Å². The maximum atomic E-state index is 13.1. The number of benzene rings is 1. The summed E-state index contributed by atoms with van der Waals surface area (Å²) in [4.78, 5) is 26.3. The summed E-state index contributed by atoms with van der Waals surface area (Å²) in [5.74, 6) is 0.324. The Morgan fingerprint density at radius 1 is 1.15 bits per heavy atom. The fourth-order valence-corrected chi connectivity index (χ4v) is 3.52. The SMILES string of the molecule is CC(=O)Nc1ccc(CN(CC(C)(C)CN)C(=O)C2CCCCC2)cc1. The van der Waals surface area contributed by atoms with Gasteiger partial charge in [-0.15, -0.1) is 0 Å². The van der Waals surface area contributed by atoms with Crippen LogP contribution in [-0.2, 0) is 16.1 Å². The minimum atomic E-state index is -0.111. The number of rotatable bonds is 7. The van der Waals surface area contributed by atoms with E-state index in [4.69, 9.17) is 5.73 Å². The Morgan fingerprint density at radius 3 is 2.31 bits per heavy atom. The average Bonchev–Trinajstić information content (AvgIpc) is 2.62. The largest absolute Gasteiger partial charge is 0.338 e. The second-order valence-corrected chi connectivity index (χ2v) is 8.28. The summed E-state index contributed by atoms with van der Waals surface area (Å²) >= 11 is 0. The van der Waals surface area contributed by atoms with Crippen LogP contribution in [-0.4, -0.2) is 29.8 Å². The second kappa shape index (κ2) is 9.17. The molecule has 0 aromatic heterocycles. The standard InChI is InChI=1S/C21H33N3O2/c1-16(25)23-19-11-9-17(10-12-19)13-24(15-21(2,3)14-22)20(26)18-7-5-4-6-8-18/h9-12,18H,4-8,13-15,22H2,1-3H3,(H,23,25). The van der Waals surface area contributed by atoms with Crippen LogP contribution >= 0.6 is 0 Å². The topological polar surface area (TPSA) is 75.4 Å². The van der Waals surface area contributed by atoms with Crippen molar-refractivity contribution in [3.05, 3.63) is 29.8 Å². The van der Waals surface area contributed by atoms with Crippen LogP contribution in [0.25, 0.3) is 0 Å². The molecule has 1 aromatic rings. The molecule has 0 aliphatic heterocycles.